The highest BCUT2D eigenvalue weighted by Gasteiger charge is 2.37. The van der Waals surface area contributed by atoms with Gasteiger partial charge in [-0.2, -0.15) is 13.2 Å². The summed E-state index contributed by atoms with van der Waals surface area (Å²) in [5.74, 6) is -0.967. The lowest BCUT2D eigenvalue weighted by Gasteiger charge is -2.36. The fourth-order valence-corrected chi connectivity index (χ4v) is 3.49. The predicted molar refractivity (Wildman–Crippen MR) is 94.1 cm³/mol. The maximum Gasteiger partial charge on any atom is 0.418 e. The van der Waals surface area contributed by atoms with E-state index in [1.807, 2.05) is 6.92 Å². The van der Waals surface area contributed by atoms with Crippen molar-refractivity contribution in [2.75, 3.05) is 18.0 Å². The van der Waals surface area contributed by atoms with Gasteiger partial charge in [-0.15, -0.1) is 0 Å². The van der Waals surface area contributed by atoms with Crippen molar-refractivity contribution in [2.24, 2.45) is 0 Å². The number of carbonyl (C=O) groups excluding carboxylic acids is 2. The van der Waals surface area contributed by atoms with E-state index < -0.39 is 24.2 Å². The van der Waals surface area contributed by atoms with E-state index in [1.54, 1.807) is 4.90 Å². The number of carbonyl (C=O) groups is 2. The summed E-state index contributed by atoms with van der Waals surface area (Å²) >= 11 is 5.69. The van der Waals surface area contributed by atoms with Crippen molar-refractivity contribution >= 4 is 29.1 Å². The third kappa shape index (κ3) is 4.69. The van der Waals surface area contributed by atoms with Gasteiger partial charge in [0.1, 0.15) is 6.54 Å². The van der Waals surface area contributed by atoms with Gasteiger partial charge in [0.05, 0.1) is 11.3 Å². The Morgan fingerprint density at radius 2 is 2.00 bits per heavy atom. The number of hydrogen-bond donors (Lipinski definition) is 0. The maximum absolute atomic E-state index is 13.4. The summed E-state index contributed by atoms with van der Waals surface area (Å²) in [6.07, 6.45) is -1.16. The SMILES string of the molecule is CCC1CCCCN1C(=O)CN(C(C)=O)c1ccc(Cl)cc1C(F)(F)F. The molecule has 0 bridgehead atoms. The number of hydrogen-bond acceptors (Lipinski definition) is 2. The average molecular weight is 391 g/mol. The van der Waals surface area contributed by atoms with Gasteiger partial charge in [-0.25, -0.2) is 0 Å². The van der Waals surface area contributed by atoms with E-state index in [-0.39, 0.29) is 22.7 Å². The monoisotopic (exact) mass is 390 g/mol. The van der Waals surface area contributed by atoms with Crippen LogP contribution in [-0.4, -0.2) is 35.8 Å². The molecule has 8 heteroatoms. The van der Waals surface area contributed by atoms with Gasteiger partial charge < -0.3 is 9.80 Å². The number of amides is 2. The Bertz CT molecular complexity index is 679. The van der Waals surface area contributed by atoms with Gasteiger partial charge in [0.25, 0.3) is 0 Å². The van der Waals surface area contributed by atoms with Gasteiger partial charge in [0.2, 0.25) is 11.8 Å². The summed E-state index contributed by atoms with van der Waals surface area (Å²) in [5.41, 5.74) is -1.38. The molecule has 0 N–H and O–H groups in total. The van der Waals surface area contributed by atoms with E-state index in [4.69, 9.17) is 11.6 Å². The molecule has 1 atom stereocenters. The molecule has 1 aromatic rings. The molecule has 0 aromatic heterocycles. The number of rotatable bonds is 4. The van der Waals surface area contributed by atoms with Crippen molar-refractivity contribution in [3.05, 3.63) is 28.8 Å². The second-order valence-corrected chi connectivity index (χ2v) is 6.85. The first-order valence-corrected chi connectivity index (χ1v) is 8.97. The van der Waals surface area contributed by atoms with Crippen LogP contribution in [-0.2, 0) is 15.8 Å². The van der Waals surface area contributed by atoms with E-state index in [2.05, 4.69) is 0 Å². The minimum Gasteiger partial charge on any atom is -0.338 e. The Kier molecular flexibility index (Phi) is 6.55. The molecule has 1 fully saturated rings. The lowest BCUT2D eigenvalue weighted by atomic mass is 10.00. The highest BCUT2D eigenvalue weighted by Crippen LogP contribution is 2.38. The number of benzene rings is 1. The van der Waals surface area contributed by atoms with Crippen molar-refractivity contribution < 1.29 is 22.8 Å². The second kappa shape index (κ2) is 8.29. The molecule has 26 heavy (non-hydrogen) atoms. The van der Waals surface area contributed by atoms with Crippen LogP contribution in [0.2, 0.25) is 5.02 Å². The Balaban J connectivity index is 2.33. The first kappa shape index (κ1) is 20.6. The Labute approximate surface area is 155 Å². The zero-order valence-corrected chi connectivity index (χ0v) is 15.5. The molecule has 0 saturated carbocycles. The highest BCUT2D eigenvalue weighted by atomic mass is 35.5. The van der Waals surface area contributed by atoms with E-state index in [0.717, 1.165) is 49.6 Å². The largest absolute Gasteiger partial charge is 0.418 e. The summed E-state index contributed by atoms with van der Waals surface area (Å²) in [4.78, 5) is 27.3. The van der Waals surface area contributed by atoms with E-state index >= 15 is 0 Å². The zero-order chi connectivity index (χ0) is 19.5. The van der Waals surface area contributed by atoms with Gasteiger partial charge in [-0.3, -0.25) is 9.59 Å². The van der Waals surface area contributed by atoms with Crippen LogP contribution in [0.1, 0.15) is 45.1 Å². The van der Waals surface area contributed by atoms with Crippen LogP contribution in [0.3, 0.4) is 0 Å². The van der Waals surface area contributed by atoms with Crippen molar-refractivity contribution in [1.82, 2.24) is 4.90 Å². The standard InChI is InChI=1S/C18H22ClF3N2O2/c1-3-14-6-4-5-9-23(14)17(26)11-24(12(2)25)16-8-7-13(19)10-15(16)18(20,21)22/h7-8,10,14H,3-6,9,11H2,1-2H3. The smallest absolute Gasteiger partial charge is 0.338 e. The van der Waals surface area contributed by atoms with E-state index in [0.29, 0.717) is 6.54 Å². The summed E-state index contributed by atoms with van der Waals surface area (Å²) in [6.45, 7) is 3.27. The number of alkyl halides is 3. The quantitative estimate of drug-likeness (QED) is 0.759. The molecule has 0 aliphatic carbocycles. The van der Waals surface area contributed by atoms with Crippen LogP contribution < -0.4 is 4.90 Å². The Hall–Kier alpha value is -1.76. The van der Waals surface area contributed by atoms with E-state index in [9.17, 15) is 22.8 Å². The maximum atomic E-state index is 13.4. The summed E-state index contributed by atoms with van der Waals surface area (Å²) in [5, 5.41) is -0.0852. The van der Waals surface area contributed by atoms with Crippen molar-refractivity contribution in [3.8, 4) is 0 Å². The topological polar surface area (TPSA) is 40.6 Å². The molecule has 0 radical (unpaired) electrons. The number of nitrogens with zero attached hydrogens (tertiary/aromatic N) is 2. The molecular formula is C18H22ClF3N2O2. The fourth-order valence-electron chi connectivity index (χ4n) is 3.32. The van der Waals surface area contributed by atoms with Gasteiger partial charge >= 0.3 is 6.18 Å². The lowest BCUT2D eigenvalue weighted by molar-refractivity contribution is -0.138. The third-order valence-electron chi connectivity index (χ3n) is 4.65. The van der Waals surface area contributed by atoms with Gasteiger partial charge in [-0.05, 0) is 43.9 Å². The third-order valence-corrected chi connectivity index (χ3v) is 4.88. The van der Waals surface area contributed by atoms with Gasteiger partial charge in [0.15, 0.2) is 0 Å². The van der Waals surface area contributed by atoms with Gasteiger partial charge in [0, 0.05) is 24.5 Å². The van der Waals surface area contributed by atoms with E-state index in [1.165, 1.54) is 6.07 Å². The molecule has 1 saturated heterocycles. The predicted octanol–water partition coefficient (Wildman–Crippen LogP) is 4.50. The minimum absolute atomic E-state index is 0.0670. The van der Waals surface area contributed by atoms with Crippen LogP contribution in [0.4, 0.5) is 18.9 Å². The fraction of sp³-hybridized carbons (Fsp3) is 0.556. The molecule has 1 aliphatic rings. The lowest BCUT2D eigenvalue weighted by Crippen LogP contribution is -2.49. The van der Waals surface area contributed by atoms with Crippen LogP contribution in [0, 0.1) is 0 Å². The van der Waals surface area contributed by atoms with Crippen molar-refractivity contribution in [2.45, 2.75) is 51.7 Å². The van der Waals surface area contributed by atoms with Crippen LogP contribution in [0.25, 0.3) is 0 Å². The molecule has 1 unspecified atom stereocenters. The number of likely N-dealkylation sites (tertiary alicyclic amines) is 1. The molecule has 4 nitrogen and oxygen atoms in total. The highest BCUT2D eigenvalue weighted by molar-refractivity contribution is 6.30. The zero-order valence-electron chi connectivity index (χ0n) is 14.8. The molecule has 2 amide bonds. The molecular weight excluding hydrogens is 369 g/mol. The molecule has 1 heterocycles. The molecule has 0 spiro atoms. The normalized spacial score (nSPS) is 17.9. The molecule has 1 aromatic carbocycles. The summed E-state index contributed by atoms with van der Waals surface area (Å²) in [6, 6.07) is 3.25. The summed E-state index contributed by atoms with van der Waals surface area (Å²) in [7, 11) is 0. The number of halogens is 4. The Morgan fingerprint density at radius 3 is 2.58 bits per heavy atom. The van der Waals surface area contributed by atoms with Crippen LogP contribution >= 0.6 is 11.6 Å². The first-order valence-electron chi connectivity index (χ1n) is 8.59. The van der Waals surface area contributed by atoms with Gasteiger partial charge in [-0.1, -0.05) is 18.5 Å². The summed E-state index contributed by atoms with van der Waals surface area (Å²) < 4.78 is 40.1. The van der Waals surface area contributed by atoms with Crippen molar-refractivity contribution in [1.29, 1.82) is 0 Å². The Morgan fingerprint density at radius 1 is 1.31 bits per heavy atom. The number of anilines is 1. The molecule has 2 rings (SSSR count). The minimum atomic E-state index is -4.69. The molecule has 1 aliphatic heterocycles. The second-order valence-electron chi connectivity index (χ2n) is 6.41. The molecule has 144 valence electrons. The average Bonchev–Trinajstić information content (AvgIpc) is 2.58. The van der Waals surface area contributed by atoms with Crippen LogP contribution in [0.5, 0.6) is 0 Å². The number of piperidine rings is 1. The first-order chi connectivity index (χ1) is 12.1. The van der Waals surface area contributed by atoms with Crippen molar-refractivity contribution in [3.63, 3.8) is 0 Å². The van der Waals surface area contributed by atoms with Crippen LogP contribution in [0.15, 0.2) is 18.2 Å².